The molecule has 0 saturated heterocycles. The lowest BCUT2D eigenvalue weighted by atomic mass is 10.2. The number of carbonyl (C=O) groups excluding carboxylic acids is 1. The molecule has 5 nitrogen and oxygen atoms in total. The Kier molecular flexibility index (Phi) is 5.03. The molecule has 0 saturated carbocycles. The van der Waals surface area contributed by atoms with Crippen molar-refractivity contribution in [2.24, 2.45) is 0 Å². The van der Waals surface area contributed by atoms with Crippen molar-refractivity contribution in [2.75, 3.05) is 13.1 Å². The molecule has 0 N–H and O–H groups in total. The summed E-state index contributed by atoms with van der Waals surface area (Å²) in [5.74, 6) is 0.427. The van der Waals surface area contributed by atoms with E-state index in [-0.39, 0.29) is 11.7 Å². The zero-order valence-electron chi connectivity index (χ0n) is 12.2. The van der Waals surface area contributed by atoms with E-state index >= 15 is 0 Å². The van der Waals surface area contributed by atoms with E-state index in [0.717, 1.165) is 0 Å². The molecule has 0 unspecified atom stereocenters. The monoisotopic (exact) mass is 291 g/mol. The molecule has 6 heteroatoms. The van der Waals surface area contributed by atoms with Crippen molar-refractivity contribution in [3.8, 4) is 11.4 Å². The molecule has 0 aliphatic rings. The van der Waals surface area contributed by atoms with Crippen molar-refractivity contribution in [3.05, 3.63) is 36.0 Å². The second-order valence-electron chi connectivity index (χ2n) is 4.59. The van der Waals surface area contributed by atoms with E-state index in [0.29, 0.717) is 43.2 Å². The van der Waals surface area contributed by atoms with Gasteiger partial charge in [0.2, 0.25) is 17.6 Å². The summed E-state index contributed by atoms with van der Waals surface area (Å²) in [5, 5.41) is 3.81. The second kappa shape index (κ2) is 6.97. The molecular weight excluding hydrogens is 273 g/mol. The van der Waals surface area contributed by atoms with Crippen LogP contribution in [0, 0.1) is 5.82 Å². The minimum atomic E-state index is -0.351. The number of benzene rings is 1. The van der Waals surface area contributed by atoms with Crippen LogP contribution in [0.1, 0.15) is 26.2 Å². The van der Waals surface area contributed by atoms with Crippen LogP contribution >= 0.6 is 0 Å². The van der Waals surface area contributed by atoms with Crippen LogP contribution in [0.25, 0.3) is 11.4 Å². The molecule has 0 aliphatic carbocycles. The van der Waals surface area contributed by atoms with Gasteiger partial charge in [0, 0.05) is 31.5 Å². The third-order valence-electron chi connectivity index (χ3n) is 3.22. The Morgan fingerprint density at radius 3 is 2.76 bits per heavy atom. The van der Waals surface area contributed by atoms with Gasteiger partial charge in [0.1, 0.15) is 5.82 Å². The molecule has 0 atom stereocenters. The van der Waals surface area contributed by atoms with E-state index < -0.39 is 0 Å². The number of hydrogen-bond acceptors (Lipinski definition) is 4. The Morgan fingerprint density at radius 1 is 1.33 bits per heavy atom. The average Bonchev–Trinajstić information content (AvgIpc) is 2.95. The van der Waals surface area contributed by atoms with E-state index in [1.807, 2.05) is 13.8 Å². The van der Waals surface area contributed by atoms with Gasteiger partial charge >= 0.3 is 0 Å². The van der Waals surface area contributed by atoms with Crippen molar-refractivity contribution in [3.63, 3.8) is 0 Å². The molecule has 1 aromatic heterocycles. The molecule has 1 amide bonds. The number of hydrogen-bond donors (Lipinski definition) is 0. The molecule has 1 heterocycles. The summed E-state index contributed by atoms with van der Waals surface area (Å²) in [6.07, 6.45) is 0.712. The van der Waals surface area contributed by atoms with Crippen molar-refractivity contribution >= 4 is 5.91 Å². The fraction of sp³-hybridized carbons (Fsp3) is 0.400. The third-order valence-corrected chi connectivity index (χ3v) is 3.22. The summed E-state index contributed by atoms with van der Waals surface area (Å²) in [7, 11) is 0. The summed E-state index contributed by atoms with van der Waals surface area (Å²) in [5.41, 5.74) is 0.556. The lowest BCUT2D eigenvalue weighted by Gasteiger charge is -2.17. The maximum atomic E-state index is 13.1. The summed E-state index contributed by atoms with van der Waals surface area (Å²) >= 11 is 0. The van der Waals surface area contributed by atoms with Gasteiger partial charge in [-0.05, 0) is 26.0 Å². The number of rotatable bonds is 6. The van der Waals surface area contributed by atoms with Gasteiger partial charge in [-0.2, -0.15) is 4.98 Å². The summed E-state index contributed by atoms with van der Waals surface area (Å²) in [4.78, 5) is 17.8. The van der Waals surface area contributed by atoms with Gasteiger partial charge in [0.05, 0.1) is 0 Å². The van der Waals surface area contributed by atoms with E-state index in [2.05, 4.69) is 10.1 Å². The lowest BCUT2D eigenvalue weighted by molar-refractivity contribution is -0.130. The Balaban J connectivity index is 1.99. The van der Waals surface area contributed by atoms with Gasteiger partial charge in [0.25, 0.3) is 0 Å². The highest BCUT2D eigenvalue weighted by Crippen LogP contribution is 2.17. The lowest BCUT2D eigenvalue weighted by Crippen LogP contribution is -2.30. The minimum Gasteiger partial charge on any atom is -0.343 e. The number of amides is 1. The average molecular weight is 291 g/mol. The maximum absolute atomic E-state index is 13.1. The van der Waals surface area contributed by atoms with Gasteiger partial charge in [-0.25, -0.2) is 4.39 Å². The number of aryl methyl sites for hydroxylation is 1. The van der Waals surface area contributed by atoms with Gasteiger partial charge in [-0.15, -0.1) is 0 Å². The predicted octanol–water partition coefficient (Wildman–Crippen LogP) is 2.68. The first-order chi connectivity index (χ1) is 10.1. The van der Waals surface area contributed by atoms with Crippen molar-refractivity contribution < 1.29 is 13.7 Å². The van der Waals surface area contributed by atoms with Gasteiger partial charge in [0.15, 0.2) is 0 Å². The zero-order chi connectivity index (χ0) is 15.2. The van der Waals surface area contributed by atoms with E-state index in [4.69, 9.17) is 4.52 Å². The number of halogens is 1. The fourth-order valence-electron chi connectivity index (χ4n) is 2.05. The van der Waals surface area contributed by atoms with Crippen LogP contribution in [0.3, 0.4) is 0 Å². The number of carbonyl (C=O) groups is 1. The predicted molar refractivity (Wildman–Crippen MR) is 75.9 cm³/mol. The molecule has 2 aromatic rings. The maximum Gasteiger partial charge on any atom is 0.227 e. The SMILES string of the molecule is CCN(CC)C(=O)CCc1nc(-c2cccc(F)c2)no1. The summed E-state index contributed by atoms with van der Waals surface area (Å²) < 4.78 is 18.2. The van der Waals surface area contributed by atoms with Gasteiger partial charge in [-0.1, -0.05) is 17.3 Å². The van der Waals surface area contributed by atoms with E-state index in [1.165, 1.54) is 12.1 Å². The normalized spacial score (nSPS) is 10.6. The second-order valence-corrected chi connectivity index (χ2v) is 4.59. The van der Waals surface area contributed by atoms with Crippen LogP contribution in [0.5, 0.6) is 0 Å². The first kappa shape index (κ1) is 15.2. The molecule has 0 bridgehead atoms. The molecule has 0 spiro atoms. The summed E-state index contributed by atoms with van der Waals surface area (Å²) in [6, 6.07) is 5.99. The highest BCUT2D eigenvalue weighted by Gasteiger charge is 2.13. The molecule has 0 aliphatic heterocycles. The van der Waals surface area contributed by atoms with Crippen LogP contribution in [0.15, 0.2) is 28.8 Å². The van der Waals surface area contributed by atoms with E-state index in [9.17, 15) is 9.18 Å². The summed E-state index contributed by atoms with van der Waals surface area (Å²) in [6.45, 7) is 5.26. The number of aromatic nitrogens is 2. The Morgan fingerprint density at radius 2 is 2.10 bits per heavy atom. The number of nitrogens with zero attached hydrogens (tertiary/aromatic N) is 3. The van der Waals surface area contributed by atoms with Crippen LogP contribution in [-0.2, 0) is 11.2 Å². The Labute approximate surface area is 122 Å². The van der Waals surface area contributed by atoms with Crippen molar-refractivity contribution in [1.29, 1.82) is 0 Å². The largest absolute Gasteiger partial charge is 0.343 e. The zero-order valence-corrected chi connectivity index (χ0v) is 12.2. The van der Waals surface area contributed by atoms with E-state index in [1.54, 1.807) is 17.0 Å². The Hall–Kier alpha value is -2.24. The van der Waals surface area contributed by atoms with Crippen molar-refractivity contribution in [2.45, 2.75) is 26.7 Å². The third kappa shape index (κ3) is 3.87. The smallest absolute Gasteiger partial charge is 0.227 e. The quantitative estimate of drug-likeness (QED) is 0.821. The van der Waals surface area contributed by atoms with Gasteiger partial charge < -0.3 is 9.42 Å². The molecule has 0 radical (unpaired) electrons. The minimum absolute atomic E-state index is 0.0607. The molecule has 2 rings (SSSR count). The first-order valence-corrected chi connectivity index (χ1v) is 7.00. The standard InChI is InChI=1S/C15H18FN3O2/c1-3-19(4-2)14(20)9-8-13-17-15(18-21-13)11-6-5-7-12(16)10-11/h5-7,10H,3-4,8-9H2,1-2H3. The van der Waals surface area contributed by atoms with Crippen LogP contribution < -0.4 is 0 Å². The molecule has 1 aromatic carbocycles. The van der Waals surface area contributed by atoms with Crippen LogP contribution in [-0.4, -0.2) is 34.0 Å². The Bertz CT molecular complexity index is 608. The highest BCUT2D eigenvalue weighted by atomic mass is 19.1. The topological polar surface area (TPSA) is 59.2 Å². The van der Waals surface area contributed by atoms with Crippen molar-refractivity contribution in [1.82, 2.24) is 15.0 Å². The molecule has 21 heavy (non-hydrogen) atoms. The first-order valence-electron chi connectivity index (χ1n) is 7.00. The highest BCUT2D eigenvalue weighted by molar-refractivity contribution is 5.76. The molecular formula is C15H18FN3O2. The fourth-order valence-corrected chi connectivity index (χ4v) is 2.05. The van der Waals surface area contributed by atoms with Gasteiger partial charge in [-0.3, -0.25) is 4.79 Å². The molecule has 112 valence electrons. The van der Waals surface area contributed by atoms with Crippen LogP contribution in [0.4, 0.5) is 4.39 Å². The molecule has 0 fully saturated rings. The van der Waals surface area contributed by atoms with Crippen LogP contribution in [0.2, 0.25) is 0 Å².